The van der Waals surface area contributed by atoms with E-state index in [0.29, 0.717) is 0 Å². The van der Waals surface area contributed by atoms with Gasteiger partial charge in [-0.05, 0) is 36.4 Å². The van der Waals surface area contributed by atoms with Crippen LogP contribution in [0.3, 0.4) is 0 Å². The molecule has 2 rings (SSSR count). The first-order valence-corrected chi connectivity index (χ1v) is 8.47. The molecule has 0 radical (unpaired) electrons. The zero-order valence-corrected chi connectivity index (χ0v) is 15.3. The summed E-state index contributed by atoms with van der Waals surface area (Å²) in [6.45, 7) is -1.59. The van der Waals surface area contributed by atoms with Crippen LogP contribution in [0.1, 0.15) is 20.7 Å². The van der Waals surface area contributed by atoms with Crippen molar-refractivity contribution in [2.24, 2.45) is 0 Å². The van der Waals surface area contributed by atoms with Gasteiger partial charge in [-0.1, -0.05) is 23.2 Å². The maximum absolute atomic E-state index is 12.3. The van der Waals surface area contributed by atoms with Gasteiger partial charge in [0, 0.05) is 10.0 Å². The quantitative estimate of drug-likeness (QED) is 0.485. The lowest BCUT2D eigenvalue weighted by Gasteiger charge is -2.16. The van der Waals surface area contributed by atoms with Crippen LogP contribution in [-0.4, -0.2) is 57.4 Å². The predicted molar refractivity (Wildman–Crippen MR) is 97.8 cm³/mol. The Morgan fingerprint density at radius 3 is 1.52 bits per heavy atom. The maximum atomic E-state index is 12.3. The Hall–Kier alpha value is -2.00. The van der Waals surface area contributed by atoms with Crippen molar-refractivity contribution in [3.63, 3.8) is 0 Å². The fraction of sp³-hybridized carbons (Fsp3) is 0.222. The molecule has 0 saturated carbocycles. The first-order valence-electron chi connectivity index (χ1n) is 7.71. The van der Waals surface area contributed by atoms with E-state index in [9.17, 15) is 19.8 Å². The summed E-state index contributed by atoms with van der Waals surface area (Å²) in [4.78, 5) is 24.5. The Bertz CT molecular complexity index is 784. The SMILES string of the molecule is O=C(c1cc(Cl)ccc1Oc1ccc(Cl)cc1C(=O)C(O)CO)C(O)CO. The third-order valence-corrected chi connectivity index (χ3v) is 4.06. The van der Waals surface area contributed by atoms with Crippen LogP contribution in [-0.2, 0) is 0 Å². The lowest BCUT2D eigenvalue weighted by atomic mass is 10.0. The molecule has 0 amide bonds. The van der Waals surface area contributed by atoms with Gasteiger partial charge in [-0.15, -0.1) is 0 Å². The van der Waals surface area contributed by atoms with Crippen LogP contribution in [0.25, 0.3) is 0 Å². The van der Waals surface area contributed by atoms with Gasteiger partial charge in [0.2, 0.25) is 0 Å². The zero-order chi connectivity index (χ0) is 20.1. The highest BCUT2D eigenvalue weighted by atomic mass is 35.5. The number of aliphatic hydroxyl groups is 4. The lowest BCUT2D eigenvalue weighted by molar-refractivity contribution is 0.0585. The number of carbonyl (C=O) groups excluding carboxylic acids is 2. The fourth-order valence-corrected chi connectivity index (χ4v) is 2.56. The molecule has 0 aliphatic heterocycles. The minimum Gasteiger partial charge on any atom is -0.456 e. The summed E-state index contributed by atoms with van der Waals surface area (Å²) in [5.41, 5.74) is -0.222. The van der Waals surface area contributed by atoms with Gasteiger partial charge in [0.1, 0.15) is 23.7 Å². The minimum atomic E-state index is -1.67. The van der Waals surface area contributed by atoms with Gasteiger partial charge in [-0.25, -0.2) is 0 Å². The van der Waals surface area contributed by atoms with Gasteiger partial charge < -0.3 is 25.2 Å². The van der Waals surface area contributed by atoms with Crippen LogP contribution in [0.15, 0.2) is 36.4 Å². The number of carbonyl (C=O) groups is 2. The molecule has 144 valence electrons. The Kier molecular flexibility index (Phi) is 7.32. The summed E-state index contributed by atoms with van der Waals surface area (Å²) >= 11 is 11.8. The molecule has 0 spiro atoms. The molecule has 0 aliphatic carbocycles. The summed E-state index contributed by atoms with van der Waals surface area (Å²) in [6.07, 6.45) is -3.35. The molecule has 4 N–H and O–H groups in total. The van der Waals surface area contributed by atoms with Crippen molar-refractivity contribution in [2.45, 2.75) is 12.2 Å². The van der Waals surface area contributed by atoms with Crippen LogP contribution < -0.4 is 4.74 Å². The first-order chi connectivity index (χ1) is 12.8. The van der Waals surface area contributed by atoms with Crippen molar-refractivity contribution in [3.05, 3.63) is 57.6 Å². The maximum Gasteiger partial charge on any atom is 0.197 e. The molecule has 2 unspecified atom stereocenters. The van der Waals surface area contributed by atoms with E-state index in [4.69, 9.17) is 38.2 Å². The van der Waals surface area contributed by atoms with E-state index in [2.05, 4.69) is 0 Å². The number of halogens is 2. The Morgan fingerprint density at radius 2 is 1.19 bits per heavy atom. The number of benzene rings is 2. The standard InChI is InChI=1S/C18H16Cl2O7/c19-9-1-3-15(11(5-9)17(25)13(23)7-21)27-16-4-2-10(20)6-12(16)18(26)14(24)8-22/h1-6,13-14,21-24H,7-8H2. The molecule has 0 aliphatic rings. The number of Topliss-reactive ketones (excluding diaryl/α,β-unsaturated/α-hetero) is 2. The summed E-state index contributed by atoms with van der Waals surface area (Å²) in [7, 11) is 0. The number of rotatable bonds is 8. The zero-order valence-electron chi connectivity index (χ0n) is 13.8. The van der Waals surface area contributed by atoms with Crippen molar-refractivity contribution >= 4 is 34.8 Å². The van der Waals surface area contributed by atoms with Crippen molar-refractivity contribution in [1.82, 2.24) is 0 Å². The van der Waals surface area contributed by atoms with E-state index < -0.39 is 37.0 Å². The minimum absolute atomic E-state index is 0.0354. The molecule has 0 heterocycles. The number of ether oxygens (including phenoxy) is 1. The van der Waals surface area contributed by atoms with Crippen molar-refractivity contribution in [1.29, 1.82) is 0 Å². The van der Waals surface area contributed by atoms with Crippen LogP contribution in [0.2, 0.25) is 10.0 Å². The summed E-state index contributed by atoms with van der Waals surface area (Å²) in [6, 6.07) is 8.06. The Labute approximate surface area is 164 Å². The van der Waals surface area contributed by atoms with E-state index in [0.717, 1.165) is 0 Å². The number of hydrogen-bond acceptors (Lipinski definition) is 7. The van der Waals surface area contributed by atoms with E-state index in [1.165, 1.54) is 36.4 Å². The highest BCUT2D eigenvalue weighted by Crippen LogP contribution is 2.33. The van der Waals surface area contributed by atoms with Gasteiger partial charge in [0.25, 0.3) is 0 Å². The largest absolute Gasteiger partial charge is 0.456 e. The molecule has 0 saturated heterocycles. The normalized spacial score (nSPS) is 13.1. The second-order valence-electron chi connectivity index (χ2n) is 5.51. The molecule has 7 nitrogen and oxygen atoms in total. The Morgan fingerprint density at radius 1 is 0.815 bits per heavy atom. The van der Waals surface area contributed by atoms with Gasteiger partial charge >= 0.3 is 0 Å². The van der Waals surface area contributed by atoms with Gasteiger partial charge in [-0.3, -0.25) is 9.59 Å². The van der Waals surface area contributed by atoms with Crippen LogP contribution >= 0.6 is 23.2 Å². The van der Waals surface area contributed by atoms with E-state index in [1.807, 2.05) is 0 Å². The molecule has 9 heteroatoms. The molecule has 2 aromatic carbocycles. The van der Waals surface area contributed by atoms with E-state index in [-0.39, 0.29) is 32.7 Å². The second kappa shape index (κ2) is 9.27. The van der Waals surface area contributed by atoms with Crippen LogP contribution in [0, 0.1) is 0 Å². The third kappa shape index (κ3) is 5.04. The van der Waals surface area contributed by atoms with E-state index >= 15 is 0 Å². The molecular formula is C18H16Cl2O7. The topological polar surface area (TPSA) is 124 Å². The molecule has 27 heavy (non-hydrogen) atoms. The first kappa shape index (κ1) is 21.3. The highest BCUT2D eigenvalue weighted by molar-refractivity contribution is 6.31. The third-order valence-electron chi connectivity index (χ3n) is 3.59. The molecule has 0 fully saturated rings. The van der Waals surface area contributed by atoms with Gasteiger partial charge in [0.05, 0.1) is 24.3 Å². The molecule has 2 atom stereocenters. The van der Waals surface area contributed by atoms with Crippen molar-refractivity contribution < 1.29 is 34.8 Å². The molecule has 0 bridgehead atoms. The summed E-state index contributed by atoms with van der Waals surface area (Å²) in [5, 5.41) is 37.6. The second-order valence-corrected chi connectivity index (χ2v) is 6.38. The van der Waals surface area contributed by atoms with Crippen LogP contribution in [0.5, 0.6) is 11.5 Å². The monoisotopic (exact) mass is 414 g/mol. The summed E-state index contributed by atoms with van der Waals surface area (Å²) < 4.78 is 5.64. The smallest absolute Gasteiger partial charge is 0.197 e. The Balaban J connectivity index is 2.49. The number of ketones is 2. The average molecular weight is 415 g/mol. The van der Waals surface area contributed by atoms with E-state index in [1.54, 1.807) is 0 Å². The summed E-state index contributed by atoms with van der Waals surface area (Å²) in [5.74, 6) is -1.72. The lowest BCUT2D eigenvalue weighted by Crippen LogP contribution is -2.25. The predicted octanol–water partition coefficient (Wildman–Crippen LogP) is 1.86. The molecule has 2 aromatic rings. The van der Waals surface area contributed by atoms with Crippen molar-refractivity contribution in [3.8, 4) is 11.5 Å². The fourth-order valence-electron chi connectivity index (χ4n) is 2.21. The average Bonchev–Trinajstić information content (AvgIpc) is 2.67. The van der Waals surface area contributed by atoms with Gasteiger partial charge in [-0.2, -0.15) is 0 Å². The number of aliphatic hydroxyl groups excluding tert-OH is 4. The number of hydrogen-bond donors (Lipinski definition) is 4. The van der Waals surface area contributed by atoms with Crippen LogP contribution in [0.4, 0.5) is 0 Å². The molecule has 0 aromatic heterocycles. The van der Waals surface area contributed by atoms with Gasteiger partial charge in [0.15, 0.2) is 11.6 Å². The molecular weight excluding hydrogens is 399 g/mol. The highest BCUT2D eigenvalue weighted by Gasteiger charge is 2.24. The van der Waals surface area contributed by atoms with Crippen molar-refractivity contribution in [2.75, 3.05) is 13.2 Å².